The molecule has 0 spiro atoms. The zero-order valence-corrected chi connectivity index (χ0v) is 11.6. The molecular formula is C12H18O2S2. The quantitative estimate of drug-likeness (QED) is 0.758. The van der Waals surface area contributed by atoms with Gasteiger partial charge < -0.3 is 0 Å². The van der Waals surface area contributed by atoms with Crippen molar-refractivity contribution in [3.8, 4) is 0 Å². The number of hydrogen-bond donors (Lipinski definition) is 0. The molecular weight excluding hydrogens is 240 g/mol. The molecule has 2 nitrogen and oxygen atoms in total. The molecule has 1 rings (SSSR count). The van der Waals surface area contributed by atoms with Gasteiger partial charge in [0.25, 0.3) is 0 Å². The van der Waals surface area contributed by atoms with Crippen molar-refractivity contribution in [3.63, 3.8) is 0 Å². The number of aryl methyl sites for hydroxylation is 1. The molecule has 0 heterocycles. The highest BCUT2D eigenvalue weighted by Crippen LogP contribution is 2.24. The minimum Gasteiger partial charge on any atom is -0.212 e. The monoisotopic (exact) mass is 258 g/mol. The standard InChI is InChI=1S/C12H18O2S2/c1-10(2)8-9-15-16(13,14)12-6-4-11(3)5-7-12/h4-7,10H,8-9H2,1-3H3. The fourth-order valence-corrected chi connectivity index (χ4v) is 4.25. The van der Waals surface area contributed by atoms with E-state index >= 15 is 0 Å². The van der Waals surface area contributed by atoms with E-state index in [1.165, 1.54) is 0 Å². The van der Waals surface area contributed by atoms with E-state index in [2.05, 4.69) is 13.8 Å². The van der Waals surface area contributed by atoms with Crippen LogP contribution in [0, 0.1) is 12.8 Å². The Hall–Kier alpha value is -0.480. The van der Waals surface area contributed by atoms with E-state index in [4.69, 9.17) is 0 Å². The molecule has 0 radical (unpaired) electrons. The second kappa shape index (κ2) is 5.73. The molecule has 0 aliphatic heterocycles. The number of hydrogen-bond acceptors (Lipinski definition) is 3. The molecule has 0 aromatic heterocycles. The average molecular weight is 258 g/mol. The van der Waals surface area contributed by atoms with Gasteiger partial charge in [0, 0.05) is 5.75 Å². The highest BCUT2D eigenvalue weighted by Gasteiger charge is 2.14. The van der Waals surface area contributed by atoms with Gasteiger partial charge in [0.2, 0.25) is 8.87 Å². The summed E-state index contributed by atoms with van der Waals surface area (Å²) in [6, 6.07) is 7.01. The van der Waals surface area contributed by atoms with E-state index in [1.54, 1.807) is 12.1 Å². The maximum absolute atomic E-state index is 11.9. The molecule has 0 N–H and O–H groups in total. The van der Waals surface area contributed by atoms with Crippen molar-refractivity contribution in [2.24, 2.45) is 5.92 Å². The minimum atomic E-state index is -3.16. The first kappa shape index (κ1) is 13.6. The average Bonchev–Trinajstić information content (AvgIpc) is 2.17. The van der Waals surface area contributed by atoms with Gasteiger partial charge in [0.05, 0.1) is 4.90 Å². The lowest BCUT2D eigenvalue weighted by Crippen LogP contribution is -1.98. The molecule has 0 saturated carbocycles. The predicted octanol–water partition coefficient (Wildman–Crippen LogP) is 3.46. The van der Waals surface area contributed by atoms with Crippen LogP contribution >= 0.6 is 10.8 Å². The Balaban J connectivity index is 2.67. The molecule has 1 aromatic rings. The van der Waals surface area contributed by atoms with Crippen LogP contribution in [0.25, 0.3) is 0 Å². The summed E-state index contributed by atoms with van der Waals surface area (Å²) in [4.78, 5) is 0.409. The van der Waals surface area contributed by atoms with Crippen molar-refractivity contribution in [1.82, 2.24) is 0 Å². The largest absolute Gasteiger partial charge is 0.229 e. The second-order valence-corrected chi connectivity index (χ2v) is 8.32. The van der Waals surface area contributed by atoms with Crippen molar-refractivity contribution in [2.45, 2.75) is 32.1 Å². The van der Waals surface area contributed by atoms with Crippen LogP contribution in [0.3, 0.4) is 0 Å². The van der Waals surface area contributed by atoms with Crippen LogP contribution in [0.4, 0.5) is 0 Å². The molecule has 0 bridgehead atoms. The van der Waals surface area contributed by atoms with Crippen molar-refractivity contribution in [3.05, 3.63) is 29.8 Å². The van der Waals surface area contributed by atoms with E-state index in [0.29, 0.717) is 16.6 Å². The van der Waals surface area contributed by atoms with E-state index in [-0.39, 0.29) is 0 Å². The first-order valence-electron chi connectivity index (χ1n) is 5.38. The van der Waals surface area contributed by atoms with E-state index in [1.807, 2.05) is 19.1 Å². The van der Waals surface area contributed by atoms with Gasteiger partial charge in [0.1, 0.15) is 0 Å². The summed E-state index contributed by atoms with van der Waals surface area (Å²) in [6.07, 6.45) is 0.926. The van der Waals surface area contributed by atoms with Gasteiger partial charge in [-0.25, -0.2) is 8.42 Å². The van der Waals surface area contributed by atoms with Crippen LogP contribution in [-0.2, 0) is 8.87 Å². The Morgan fingerprint density at radius 2 is 1.75 bits per heavy atom. The number of benzene rings is 1. The summed E-state index contributed by atoms with van der Waals surface area (Å²) in [7, 11) is -2.12. The first-order chi connectivity index (χ1) is 7.42. The van der Waals surface area contributed by atoms with Crippen LogP contribution in [-0.4, -0.2) is 14.2 Å². The molecule has 0 amide bonds. The third kappa shape index (κ3) is 4.18. The zero-order valence-electron chi connectivity index (χ0n) is 9.93. The predicted molar refractivity (Wildman–Crippen MR) is 70.3 cm³/mol. The van der Waals surface area contributed by atoms with Crippen molar-refractivity contribution in [2.75, 3.05) is 5.75 Å². The van der Waals surface area contributed by atoms with Gasteiger partial charge in [-0.1, -0.05) is 31.5 Å². The van der Waals surface area contributed by atoms with Gasteiger partial charge in [0.15, 0.2) is 0 Å². The Morgan fingerprint density at radius 3 is 2.25 bits per heavy atom. The SMILES string of the molecule is Cc1ccc(S(=O)(=O)SCCC(C)C)cc1. The Bertz CT molecular complexity index is 419. The van der Waals surface area contributed by atoms with Crippen LogP contribution in [0.15, 0.2) is 29.2 Å². The lowest BCUT2D eigenvalue weighted by molar-refractivity contribution is 0.609. The molecule has 0 aliphatic carbocycles. The Kier molecular flexibility index (Phi) is 4.87. The molecule has 16 heavy (non-hydrogen) atoms. The summed E-state index contributed by atoms with van der Waals surface area (Å²) in [5.41, 5.74) is 1.08. The minimum absolute atomic E-state index is 0.409. The summed E-state index contributed by atoms with van der Waals surface area (Å²) in [5, 5.41) is 0. The second-order valence-electron chi connectivity index (χ2n) is 4.27. The maximum atomic E-state index is 11.9. The molecule has 0 unspecified atom stereocenters. The highest BCUT2D eigenvalue weighted by atomic mass is 33.1. The molecule has 0 atom stereocenters. The smallest absolute Gasteiger partial charge is 0.212 e. The first-order valence-corrected chi connectivity index (χ1v) is 8.36. The lowest BCUT2D eigenvalue weighted by atomic mass is 10.2. The topological polar surface area (TPSA) is 34.1 Å². The Morgan fingerprint density at radius 1 is 1.19 bits per heavy atom. The molecule has 0 saturated heterocycles. The van der Waals surface area contributed by atoms with Crippen molar-refractivity contribution >= 4 is 19.7 Å². The van der Waals surface area contributed by atoms with Crippen LogP contribution in [0.5, 0.6) is 0 Å². The van der Waals surface area contributed by atoms with E-state index in [9.17, 15) is 8.42 Å². The normalized spacial score (nSPS) is 12.0. The van der Waals surface area contributed by atoms with Gasteiger partial charge in [-0.2, -0.15) is 0 Å². The summed E-state index contributed by atoms with van der Waals surface area (Å²) in [6.45, 7) is 6.14. The van der Waals surface area contributed by atoms with Gasteiger partial charge >= 0.3 is 0 Å². The van der Waals surface area contributed by atoms with Crippen LogP contribution < -0.4 is 0 Å². The van der Waals surface area contributed by atoms with Crippen molar-refractivity contribution < 1.29 is 8.42 Å². The third-order valence-corrected chi connectivity index (χ3v) is 5.81. The number of rotatable bonds is 5. The van der Waals surface area contributed by atoms with Crippen LogP contribution in [0.2, 0.25) is 0 Å². The molecule has 4 heteroatoms. The molecule has 0 aliphatic rings. The summed E-state index contributed by atoms with van der Waals surface area (Å²) in [5.74, 6) is 1.20. The molecule has 90 valence electrons. The molecule has 1 aromatic carbocycles. The van der Waals surface area contributed by atoms with E-state index < -0.39 is 8.87 Å². The maximum Gasteiger partial charge on any atom is 0.229 e. The van der Waals surface area contributed by atoms with Gasteiger partial charge in [-0.05, 0) is 42.2 Å². The van der Waals surface area contributed by atoms with Gasteiger partial charge in [-0.15, -0.1) is 0 Å². The summed E-state index contributed by atoms with van der Waals surface area (Å²) < 4.78 is 23.8. The zero-order chi connectivity index (χ0) is 12.2. The van der Waals surface area contributed by atoms with Crippen LogP contribution in [0.1, 0.15) is 25.8 Å². The Labute approximate surface area is 102 Å². The fraction of sp³-hybridized carbons (Fsp3) is 0.500. The fourth-order valence-electron chi connectivity index (χ4n) is 1.17. The summed E-state index contributed by atoms with van der Waals surface area (Å²) >= 11 is 0. The van der Waals surface area contributed by atoms with Crippen molar-refractivity contribution in [1.29, 1.82) is 0 Å². The lowest BCUT2D eigenvalue weighted by Gasteiger charge is -2.05. The van der Waals surface area contributed by atoms with E-state index in [0.717, 1.165) is 22.8 Å². The van der Waals surface area contributed by atoms with Gasteiger partial charge in [-0.3, -0.25) is 0 Å². The highest BCUT2D eigenvalue weighted by molar-refractivity contribution is 8.72. The molecule has 0 fully saturated rings. The third-order valence-electron chi connectivity index (χ3n) is 2.24.